The number of benzene rings is 4. The van der Waals surface area contributed by atoms with Crippen molar-refractivity contribution in [3.8, 4) is 23.0 Å². The summed E-state index contributed by atoms with van der Waals surface area (Å²) in [4.78, 5) is 36.4. The van der Waals surface area contributed by atoms with Crippen molar-refractivity contribution in [2.45, 2.75) is 70.0 Å². The Morgan fingerprint density at radius 1 is 0.661 bits per heavy atom. The molecule has 0 saturated carbocycles. The summed E-state index contributed by atoms with van der Waals surface area (Å²) in [7, 11) is 3.35. The Labute approximate surface area is 330 Å². The van der Waals surface area contributed by atoms with E-state index in [1.165, 1.54) is 19.2 Å². The van der Waals surface area contributed by atoms with Gasteiger partial charge in [-0.25, -0.2) is 0 Å². The topological polar surface area (TPSA) is 142 Å². The zero-order chi connectivity index (χ0) is 40.6. The molecular formula is C43H53NO11Si. The van der Waals surface area contributed by atoms with Gasteiger partial charge in [0.15, 0.2) is 11.5 Å². The molecule has 0 aromatic heterocycles. The van der Waals surface area contributed by atoms with Crippen molar-refractivity contribution in [3.05, 3.63) is 123 Å². The van der Waals surface area contributed by atoms with Crippen molar-refractivity contribution in [2.24, 2.45) is 0 Å². The maximum atomic E-state index is 12.9. The first-order valence-electron chi connectivity index (χ1n) is 18.7. The van der Waals surface area contributed by atoms with E-state index >= 15 is 0 Å². The van der Waals surface area contributed by atoms with Gasteiger partial charge < -0.3 is 33.2 Å². The minimum Gasteiger partial charge on any atom is -0.497 e. The predicted molar refractivity (Wildman–Crippen MR) is 215 cm³/mol. The van der Waals surface area contributed by atoms with Crippen LogP contribution in [0.15, 0.2) is 91.0 Å². The Hall–Kier alpha value is -5.40. The predicted octanol–water partition coefficient (Wildman–Crippen LogP) is 8.88. The Kier molecular flexibility index (Phi) is 16.3. The van der Waals surface area contributed by atoms with Gasteiger partial charge in [-0.15, -0.1) is 0 Å². The van der Waals surface area contributed by atoms with Crippen LogP contribution in [-0.2, 0) is 36.0 Å². The number of methoxy groups -OCH3 is 3. The largest absolute Gasteiger partial charge is 0.497 e. The van der Waals surface area contributed by atoms with Crippen molar-refractivity contribution in [2.75, 3.05) is 41.2 Å². The zero-order valence-corrected chi connectivity index (χ0v) is 34.2. The third-order valence-corrected chi connectivity index (χ3v) is 10.8. The van der Waals surface area contributed by atoms with Crippen LogP contribution >= 0.6 is 0 Å². The van der Waals surface area contributed by atoms with Crippen LogP contribution in [0.1, 0.15) is 54.4 Å². The van der Waals surface area contributed by atoms with Crippen molar-refractivity contribution < 1.29 is 47.7 Å². The van der Waals surface area contributed by atoms with E-state index in [0.717, 1.165) is 34.2 Å². The molecule has 0 aliphatic heterocycles. The van der Waals surface area contributed by atoms with Crippen LogP contribution in [0, 0.1) is 10.1 Å². The van der Waals surface area contributed by atoms with Gasteiger partial charge in [-0.1, -0.05) is 74.2 Å². The smallest absolute Gasteiger partial charge is 0.306 e. The van der Waals surface area contributed by atoms with Gasteiger partial charge in [-0.3, -0.25) is 19.7 Å². The summed E-state index contributed by atoms with van der Waals surface area (Å²) < 4.78 is 39.7. The summed E-state index contributed by atoms with van der Waals surface area (Å²) in [5, 5.41) is 12.0. The number of unbranched alkanes of at least 4 members (excludes halogenated alkanes) is 1. The van der Waals surface area contributed by atoms with Gasteiger partial charge in [-0.2, -0.15) is 0 Å². The second kappa shape index (κ2) is 21.0. The van der Waals surface area contributed by atoms with Crippen LogP contribution in [0.5, 0.6) is 23.0 Å². The normalized spacial score (nSPS) is 11.4. The monoisotopic (exact) mass is 787 g/mol. The fourth-order valence-electron chi connectivity index (χ4n) is 5.99. The summed E-state index contributed by atoms with van der Waals surface area (Å²) in [5.41, 5.74) is 1.63. The van der Waals surface area contributed by atoms with Gasteiger partial charge in [0.2, 0.25) is 0 Å². The highest BCUT2D eigenvalue weighted by Gasteiger charge is 2.37. The van der Waals surface area contributed by atoms with E-state index in [-0.39, 0.29) is 54.8 Å². The summed E-state index contributed by atoms with van der Waals surface area (Å²) in [5.74, 6) is 1.02. The third kappa shape index (κ3) is 12.3. The molecule has 0 aliphatic rings. The molecule has 0 saturated heterocycles. The van der Waals surface area contributed by atoms with E-state index < -0.39 is 24.6 Å². The van der Waals surface area contributed by atoms with E-state index in [9.17, 15) is 19.7 Å². The standard InChI is InChI=1S/C43H53NO11Si/c1-49-36-21-17-34(18-22-36)43(33-13-8-7-9-14-33,35-19-23-37(50-2)24-20-35)55-26-11-10-15-42(46)54-31-32-29-39(51-3)40(30-38(32)44(47)48)52-25-12-16-41(45)53-27-28-56(4,5)6/h7-9,13-14,17-24,29-30H,10-12,15-16,25-28,31H2,1-6H3. The molecule has 13 heteroatoms. The maximum absolute atomic E-state index is 12.9. The van der Waals surface area contributed by atoms with Crippen molar-refractivity contribution >= 4 is 25.7 Å². The number of nitro benzene ring substituents is 1. The molecule has 4 aromatic rings. The minimum atomic E-state index is -1.31. The quantitative estimate of drug-likeness (QED) is 0.0178. The van der Waals surface area contributed by atoms with Crippen LogP contribution < -0.4 is 18.9 Å². The molecule has 0 radical (unpaired) electrons. The van der Waals surface area contributed by atoms with Gasteiger partial charge in [0.25, 0.3) is 5.69 Å². The molecule has 0 spiro atoms. The summed E-state index contributed by atoms with van der Waals surface area (Å²) in [6.07, 6.45) is 1.60. The lowest BCUT2D eigenvalue weighted by Gasteiger charge is -2.36. The molecule has 0 N–H and O–H groups in total. The Balaban J connectivity index is 1.36. The SMILES string of the molecule is COc1ccc(C(OCCCCC(=O)OCc2cc(OC)c(OCCCC(=O)OCC[Si](C)(C)C)cc2[N+](=O)[O-])(c2ccccc2)c2ccc(OC)cc2)cc1. The lowest BCUT2D eigenvalue weighted by molar-refractivity contribution is -0.385. The van der Waals surface area contributed by atoms with Crippen molar-refractivity contribution in [3.63, 3.8) is 0 Å². The molecular weight excluding hydrogens is 735 g/mol. The van der Waals surface area contributed by atoms with Gasteiger partial charge in [-0.05, 0) is 72.3 Å². The summed E-state index contributed by atoms with van der Waals surface area (Å²) >= 11 is 0. The van der Waals surface area contributed by atoms with Crippen LogP contribution in [0.4, 0.5) is 5.69 Å². The first kappa shape index (κ1) is 43.3. The Morgan fingerprint density at radius 2 is 1.23 bits per heavy atom. The van der Waals surface area contributed by atoms with Crippen LogP contribution in [0.3, 0.4) is 0 Å². The average molecular weight is 788 g/mol. The molecule has 0 bridgehead atoms. The fourth-order valence-corrected chi connectivity index (χ4v) is 6.71. The molecule has 0 heterocycles. The van der Waals surface area contributed by atoms with Gasteiger partial charge in [0.1, 0.15) is 23.7 Å². The number of hydrogen-bond donors (Lipinski definition) is 0. The summed E-state index contributed by atoms with van der Waals surface area (Å²) in [6.45, 7) is 7.15. The highest BCUT2D eigenvalue weighted by Crippen LogP contribution is 2.42. The number of esters is 2. The molecule has 0 amide bonds. The van der Waals surface area contributed by atoms with Gasteiger partial charge in [0, 0.05) is 27.5 Å². The molecule has 0 atom stereocenters. The van der Waals surface area contributed by atoms with Gasteiger partial charge >= 0.3 is 11.9 Å². The van der Waals surface area contributed by atoms with Gasteiger partial charge in [0.05, 0.1) is 51.1 Å². The van der Waals surface area contributed by atoms with Crippen molar-refractivity contribution in [1.82, 2.24) is 0 Å². The number of nitro groups is 1. The average Bonchev–Trinajstić information content (AvgIpc) is 3.20. The lowest BCUT2D eigenvalue weighted by Crippen LogP contribution is -2.33. The van der Waals surface area contributed by atoms with E-state index in [2.05, 4.69) is 19.6 Å². The number of rotatable bonds is 23. The molecule has 0 fully saturated rings. The first-order chi connectivity index (χ1) is 26.9. The van der Waals surface area contributed by atoms with E-state index in [1.807, 2.05) is 78.9 Å². The number of hydrogen-bond acceptors (Lipinski definition) is 11. The number of nitrogens with zero attached hydrogens (tertiary/aromatic N) is 1. The number of carbonyl (C=O) groups is 2. The molecule has 12 nitrogen and oxygen atoms in total. The second-order valence-electron chi connectivity index (χ2n) is 14.3. The molecule has 4 rings (SSSR count). The van der Waals surface area contributed by atoms with Crippen LogP contribution in [-0.4, -0.2) is 66.1 Å². The lowest BCUT2D eigenvalue weighted by atomic mass is 9.80. The minimum absolute atomic E-state index is 0.0828. The Morgan fingerprint density at radius 3 is 1.79 bits per heavy atom. The third-order valence-electron chi connectivity index (χ3n) is 9.12. The molecule has 0 aliphatic carbocycles. The highest BCUT2D eigenvalue weighted by molar-refractivity contribution is 6.76. The Bertz CT molecular complexity index is 1810. The maximum Gasteiger partial charge on any atom is 0.306 e. The fraction of sp³-hybridized carbons (Fsp3) is 0.395. The number of carbonyl (C=O) groups excluding carboxylic acids is 2. The van der Waals surface area contributed by atoms with Crippen LogP contribution in [0.25, 0.3) is 0 Å². The van der Waals surface area contributed by atoms with E-state index in [4.69, 9.17) is 33.2 Å². The van der Waals surface area contributed by atoms with E-state index in [0.29, 0.717) is 32.5 Å². The second-order valence-corrected chi connectivity index (χ2v) is 20.0. The molecule has 300 valence electrons. The summed E-state index contributed by atoms with van der Waals surface area (Å²) in [6, 6.07) is 29.0. The van der Waals surface area contributed by atoms with Crippen molar-refractivity contribution in [1.29, 1.82) is 0 Å². The van der Waals surface area contributed by atoms with Crippen LogP contribution in [0.2, 0.25) is 25.7 Å². The first-order valence-corrected chi connectivity index (χ1v) is 22.4. The van der Waals surface area contributed by atoms with E-state index in [1.54, 1.807) is 14.2 Å². The molecule has 0 unspecified atom stereocenters. The highest BCUT2D eigenvalue weighted by atomic mass is 28.3. The molecule has 4 aromatic carbocycles. The zero-order valence-electron chi connectivity index (χ0n) is 33.2. The molecule has 56 heavy (non-hydrogen) atoms. The number of ether oxygens (including phenoxy) is 7.